The lowest BCUT2D eigenvalue weighted by molar-refractivity contribution is 1.01. The topological polar surface area (TPSA) is 24.9 Å². The monoisotopic (exact) mass is 326 g/mol. The highest BCUT2D eigenvalue weighted by atomic mass is 79.9. The minimum absolute atomic E-state index is 0.878. The summed E-state index contributed by atoms with van der Waals surface area (Å²) >= 11 is 3.58. The van der Waals surface area contributed by atoms with Gasteiger partial charge >= 0.3 is 0 Å². The molecule has 0 bridgehead atoms. The van der Waals surface area contributed by atoms with Crippen LogP contribution in [0.1, 0.15) is 5.56 Å². The molecule has 3 rings (SSSR count). The Labute approximate surface area is 127 Å². The van der Waals surface area contributed by atoms with E-state index < -0.39 is 0 Å². The Balaban J connectivity index is 1.76. The van der Waals surface area contributed by atoms with Crippen molar-refractivity contribution in [3.63, 3.8) is 0 Å². The van der Waals surface area contributed by atoms with E-state index in [4.69, 9.17) is 0 Å². The normalized spacial score (nSPS) is 10.7. The molecular weight excluding hydrogens is 312 g/mol. The first kappa shape index (κ1) is 13.1. The number of rotatable bonds is 4. The number of hydrogen-bond acceptors (Lipinski definition) is 2. The van der Waals surface area contributed by atoms with Gasteiger partial charge in [-0.15, -0.1) is 0 Å². The molecule has 1 heterocycles. The van der Waals surface area contributed by atoms with E-state index in [-0.39, 0.29) is 0 Å². The number of pyridine rings is 1. The molecule has 0 spiro atoms. The number of aromatic nitrogens is 1. The summed E-state index contributed by atoms with van der Waals surface area (Å²) in [6.07, 6.45) is 2.84. The number of halogens is 1. The summed E-state index contributed by atoms with van der Waals surface area (Å²) in [5, 5.41) is 5.76. The number of benzene rings is 2. The Hall–Kier alpha value is -1.87. The van der Waals surface area contributed by atoms with Gasteiger partial charge in [0.05, 0.1) is 0 Å². The minimum atomic E-state index is 0.878. The largest absolute Gasteiger partial charge is 0.369 e. The first-order valence-corrected chi connectivity index (χ1v) is 7.45. The van der Waals surface area contributed by atoms with E-state index in [0.29, 0.717) is 0 Å². The minimum Gasteiger partial charge on any atom is -0.369 e. The molecule has 0 aliphatic carbocycles. The standard InChI is InChI=1S/C17H15BrN2/c18-16-8-4-7-15-14(16)10-12-20-17(15)19-11-9-13-5-2-1-3-6-13/h1-8,10,12H,9,11H2,(H,19,20). The fourth-order valence-electron chi connectivity index (χ4n) is 2.28. The van der Waals surface area contributed by atoms with Gasteiger partial charge in [0.1, 0.15) is 5.82 Å². The summed E-state index contributed by atoms with van der Waals surface area (Å²) in [6, 6.07) is 18.7. The van der Waals surface area contributed by atoms with Crippen molar-refractivity contribution >= 4 is 32.5 Å². The third-order valence-electron chi connectivity index (χ3n) is 3.30. The maximum absolute atomic E-state index is 4.45. The van der Waals surface area contributed by atoms with Gasteiger partial charge in [-0.05, 0) is 24.1 Å². The molecule has 0 saturated carbocycles. The second kappa shape index (κ2) is 6.06. The van der Waals surface area contributed by atoms with Crippen LogP contribution in [0.2, 0.25) is 0 Å². The van der Waals surface area contributed by atoms with Crippen LogP contribution in [-0.4, -0.2) is 11.5 Å². The number of nitrogens with one attached hydrogen (secondary N) is 1. The molecule has 0 aliphatic heterocycles. The summed E-state index contributed by atoms with van der Waals surface area (Å²) in [5.41, 5.74) is 1.33. The Morgan fingerprint density at radius 3 is 2.60 bits per heavy atom. The highest BCUT2D eigenvalue weighted by molar-refractivity contribution is 9.10. The molecule has 1 N–H and O–H groups in total. The maximum atomic E-state index is 4.45. The molecule has 100 valence electrons. The van der Waals surface area contributed by atoms with Gasteiger partial charge in [0.15, 0.2) is 0 Å². The number of fused-ring (bicyclic) bond motifs is 1. The van der Waals surface area contributed by atoms with Crippen LogP contribution >= 0.6 is 15.9 Å². The smallest absolute Gasteiger partial charge is 0.133 e. The number of hydrogen-bond donors (Lipinski definition) is 1. The van der Waals surface area contributed by atoms with Crippen LogP contribution in [0, 0.1) is 0 Å². The number of anilines is 1. The molecule has 2 nitrogen and oxygen atoms in total. The number of nitrogens with zero attached hydrogens (tertiary/aromatic N) is 1. The zero-order chi connectivity index (χ0) is 13.8. The second-order valence-corrected chi connectivity index (χ2v) is 5.51. The quantitative estimate of drug-likeness (QED) is 0.754. The fraction of sp³-hybridized carbons (Fsp3) is 0.118. The molecule has 3 heteroatoms. The van der Waals surface area contributed by atoms with E-state index in [1.165, 1.54) is 10.9 Å². The van der Waals surface area contributed by atoms with Crippen LogP contribution in [0.15, 0.2) is 65.3 Å². The lowest BCUT2D eigenvalue weighted by Crippen LogP contribution is -2.06. The van der Waals surface area contributed by atoms with E-state index in [9.17, 15) is 0 Å². The Morgan fingerprint density at radius 2 is 1.75 bits per heavy atom. The van der Waals surface area contributed by atoms with Gasteiger partial charge in [-0.25, -0.2) is 4.98 Å². The molecule has 0 aliphatic rings. The van der Waals surface area contributed by atoms with Crippen molar-refractivity contribution in [2.75, 3.05) is 11.9 Å². The molecule has 0 amide bonds. The summed E-state index contributed by atoms with van der Waals surface area (Å²) in [7, 11) is 0. The van der Waals surface area contributed by atoms with Crippen LogP contribution in [0.25, 0.3) is 10.8 Å². The van der Waals surface area contributed by atoms with Crippen molar-refractivity contribution in [3.05, 3.63) is 70.8 Å². The lowest BCUT2D eigenvalue weighted by Gasteiger charge is -2.09. The predicted molar refractivity (Wildman–Crippen MR) is 88.1 cm³/mol. The van der Waals surface area contributed by atoms with E-state index >= 15 is 0 Å². The summed E-state index contributed by atoms with van der Waals surface area (Å²) in [5.74, 6) is 0.944. The SMILES string of the molecule is Brc1cccc2c(NCCc3ccccc3)nccc12. The van der Waals surface area contributed by atoms with Gasteiger partial charge < -0.3 is 5.32 Å². The molecule has 2 aromatic carbocycles. The lowest BCUT2D eigenvalue weighted by atomic mass is 10.1. The molecule has 1 aromatic heterocycles. The zero-order valence-electron chi connectivity index (χ0n) is 11.0. The van der Waals surface area contributed by atoms with Crippen molar-refractivity contribution in [2.45, 2.75) is 6.42 Å². The summed E-state index contributed by atoms with van der Waals surface area (Å²) in [6.45, 7) is 0.878. The van der Waals surface area contributed by atoms with Crippen molar-refractivity contribution in [1.82, 2.24) is 4.98 Å². The van der Waals surface area contributed by atoms with Gasteiger partial charge in [0.2, 0.25) is 0 Å². The Morgan fingerprint density at radius 1 is 0.900 bits per heavy atom. The average Bonchev–Trinajstić information content (AvgIpc) is 2.49. The second-order valence-electron chi connectivity index (χ2n) is 4.66. The molecule has 0 unspecified atom stereocenters. The fourth-order valence-corrected chi connectivity index (χ4v) is 2.78. The van der Waals surface area contributed by atoms with E-state index in [1.807, 2.05) is 24.4 Å². The third kappa shape index (κ3) is 2.83. The zero-order valence-corrected chi connectivity index (χ0v) is 12.6. The summed E-state index contributed by atoms with van der Waals surface area (Å²) < 4.78 is 1.10. The first-order chi connectivity index (χ1) is 9.84. The van der Waals surface area contributed by atoms with E-state index in [1.54, 1.807) is 0 Å². The highest BCUT2D eigenvalue weighted by Crippen LogP contribution is 2.27. The maximum Gasteiger partial charge on any atom is 0.133 e. The Bertz CT molecular complexity index is 711. The van der Waals surface area contributed by atoms with Crippen molar-refractivity contribution < 1.29 is 0 Å². The van der Waals surface area contributed by atoms with E-state index in [0.717, 1.165) is 28.6 Å². The van der Waals surface area contributed by atoms with Gasteiger partial charge in [0, 0.05) is 28.0 Å². The van der Waals surface area contributed by atoms with Gasteiger partial charge in [-0.1, -0.05) is 58.4 Å². The van der Waals surface area contributed by atoms with Crippen molar-refractivity contribution in [3.8, 4) is 0 Å². The third-order valence-corrected chi connectivity index (χ3v) is 3.99. The van der Waals surface area contributed by atoms with Crippen LogP contribution in [0.4, 0.5) is 5.82 Å². The summed E-state index contributed by atoms with van der Waals surface area (Å²) in [4.78, 5) is 4.45. The van der Waals surface area contributed by atoms with Crippen LogP contribution in [0.3, 0.4) is 0 Å². The average molecular weight is 327 g/mol. The van der Waals surface area contributed by atoms with Crippen LogP contribution in [-0.2, 0) is 6.42 Å². The molecule has 0 radical (unpaired) electrons. The van der Waals surface area contributed by atoms with Gasteiger partial charge in [0.25, 0.3) is 0 Å². The molecule has 0 saturated heterocycles. The van der Waals surface area contributed by atoms with E-state index in [2.05, 4.69) is 62.6 Å². The Kier molecular flexibility index (Phi) is 3.97. The first-order valence-electron chi connectivity index (χ1n) is 6.65. The molecule has 0 atom stereocenters. The van der Waals surface area contributed by atoms with Crippen LogP contribution < -0.4 is 5.32 Å². The van der Waals surface area contributed by atoms with Gasteiger partial charge in [-0.3, -0.25) is 0 Å². The highest BCUT2D eigenvalue weighted by Gasteiger charge is 2.04. The van der Waals surface area contributed by atoms with Gasteiger partial charge in [-0.2, -0.15) is 0 Å². The van der Waals surface area contributed by atoms with Crippen molar-refractivity contribution in [2.24, 2.45) is 0 Å². The predicted octanol–water partition coefficient (Wildman–Crippen LogP) is 4.65. The molecule has 20 heavy (non-hydrogen) atoms. The molecular formula is C17H15BrN2. The molecule has 3 aromatic rings. The van der Waals surface area contributed by atoms with Crippen LogP contribution in [0.5, 0.6) is 0 Å². The van der Waals surface area contributed by atoms with Crippen molar-refractivity contribution in [1.29, 1.82) is 0 Å². The molecule has 0 fully saturated rings.